The van der Waals surface area contributed by atoms with Crippen molar-refractivity contribution < 1.29 is 14.5 Å². The second-order valence-electron chi connectivity index (χ2n) is 4.25. The topological polar surface area (TPSA) is 69.4 Å². The normalized spacial score (nSPS) is 10.5. The third-order valence-electron chi connectivity index (χ3n) is 2.91. The molecule has 5 heteroatoms. The third kappa shape index (κ3) is 3.54. The number of nitro benzene ring substituents is 1. The molecule has 0 aliphatic rings. The highest BCUT2D eigenvalue weighted by atomic mass is 16.6. The number of ketones is 1. The molecule has 2 aromatic rings. The smallest absolute Gasteiger partial charge is 0.280 e. The van der Waals surface area contributed by atoms with E-state index in [-0.39, 0.29) is 11.5 Å². The lowest BCUT2D eigenvalue weighted by molar-refractivity contribution is -0.385. The second-order valence-corrected chi connectivity index (χ2v) is 4.25. The summed E-state index contributed by atoms with van der Waals surface area (Å²) in [6.07, 6.45) is 2.76. The summed E-state index contributed by atoms with van der Waals surface area (Å²) in [6.45, 7) is 0. The average Bonchev–Trinajstić information content (AvgIpc) is 2.53. The van der Waals surface area contributed by atoms with Gasteiger partial charge in [0.05, 0.1) is 23.7 Å². The van der Waals surface area contributed by atoms with Gasteiger partial charge in [0.2, 0.25) is 0 Å². The molecule has 2 rings (SSSR count). The molecular formula is C16H13NO4. The van der Waals surface area contributed by atoms with Gasteiger partial charge in [0.1, 0.15) is 5.75 Å². The zero-order valence-corrected chi connectivity index (χ0v) is 11.4. The molecule has 0 fully saturated rings. The summed E-state index contributed by atoms with van der Waals surface area (Å²) in [4.78, 5) is 22.5. The molecule has 5 nitrogen and oxygen atoms in total. The van der Waals surface area contributed by atoms with Crippen LogP contribution in [0.5, 0.6) is 5.75 Å². The van der Waals surface area contributed by atoms with Gasteiger partial charge in [-0.1, -0.05) is 30.3 Å². The lowest BCUT2D eigenvalue weighted by Crippen LogP contribution is -1.95. The highest BCUT2D eigenvalue weighted by Crippen LogP contribution is 2.25. The van der Waals surface area contributed by atoms with Crippen LogP contribution in [0.3, 0.4) is 0 Å². The number of rotatable bonds is 5. The Hall–Kier alpha value is -2.95. The van der Waals surface area contributed by atoms with E-state index in [4.69, 9.17) is 4.74 Å². The summed E-state index contributed by atoms with van der Waals surface area (Å²) in [6, 6.07) is 13.2. The van der Waals surface area contributed by atoms with Crippen LogP contribution in [0.2, 0.25) is 0 Å². The fourth-order valence-electron chi connectivity index (χ4n) is 1.81. The van der Waals surface area contributed by atoms with Crippen molar-refractivity contribution in [3.63, 3.8) is 0 Å². The van der Waals surface area contributed by atoms with E-state index in [1.54, 1.807) is 36.4 Å². The largest absolute Gasteiger partial charge is 0.497 e. The number of hydrogen-bond donors (Lipinski definition) is 0. The zero-order chi connectivity index (χ0) is 15.2. The average molecular weight is 283 g/mol. The van der Waals surface area contributed by atoms with Crippen LogP contribution in [0, 0.1) is 10.1 Å². The minimum absolute atomic E-state index is 0.105. The van der Waals surface area contributed by atoms with E-state index < -0.39 is 4.92 Å². The van der Waals surface area contributed by atoms with E-state index in [9.17, 15) is 14.9 Å². The first-order chi connectivity index (χ1) is 10.1. The van der Waals surface area contributed by atoms with Crippen LogP contribution in [-0.2, 0) is 0 Å². The SMILES string of the molecule is COc1ccc(/C=C/C(=O)c2ccccc2)c([N+](=O)[O-])c1. The van der Waals surface area contributed by atoms with Crippen molar-refractivity contribution in [2.45, 2.75) is 0 Å². The third-order valence-corrected chi connectivity index (χ3v) is 2.91. The predicted octanol–water partition coefficient (Wildman–Crippen LogP) is 3.50. The van der Waals surface area contributed by atoms with Gasteiger partial charge in [-0.3, -0.25) is 14.9 Å². The molecule has 0 spiro atoms. The number of nitro groups is 1. The van der Waals surface area contributed by atoms with Crippen molar-refractivity contribution in [2.75, 3.05) is 7.11 Å². The van der Waals surface area contributed by atoms with Crippen LogP contribution in [0.15, 0.2) is 54.6 Å². The summed E-state index contributed by atoms with van der Waals surface area (Å²) in [5.41, 5.74) is 0.779. The molecule has 0 amide bonds. The molecule has 0 saturated heterocycles. The fraction of sp³-hybridized carbons (Fsp3) is 0.0625. The van der Waals surface area contributed by atoms with Crippen molar-refractivity contribution >= 4 is 17.5 Å². The summed E-state index contributed by atoms with van der Waals surface area (Å²) in [7, 11) is 1.44. The molecule has 0 bridgehead atoms. The Morgan fingerprint density at radius 3 is 2.52 bits per heavy atom. The van der Waals surface area contributed by atoms with Crippen molar-refractivity contribution in [2.24, 2.45) is 0 Å². The Bertz CT molecular complexity index is 693. The zero-order valence-electron chi connectivity index (χ0n) is 11.4. The fourth-order valence-corrected chi connectivity index (χ4v) is 1.81. The molecule has 2 aromatic carbocycles. The van der Waals surface area contributed by atoms with Crippen molar-refractivity contribution in [3.05, 3.63) is 75.8 Å². The number of carbonyl (C=O) groups is 1. The lowest BCUT2D eigenvalue weighted by Gasteiger charge is -2.02. The highest BCUT2D eigenvalue weighted by Gasteiger charge is 2.13. The van der Waals surface area contributed by atoms with Crippen LogP contribution in [0.1, 0.15) is 15.9 Å². The van der Waals surface area contributed by atoms with Gasteiger partial charge in [-0.25, -0.2) is 0 Å². The van der Waals surface area contributed by atoms with E-state index in [1.165, 1.54) is 25.3 Å². The molecule has 0 atom stereocenters. The maximum Gasteiger partial charge on any atom is 0.280 e. The molecule has 0 unspecified atom stereocenters. The summed E-state index contributed by atoms with van der Waals surface area (Å²) in [5.74, 6) is 0.189. The number of benzene rings is 2. The number of methoxy groups -OCH3 is 1. The summed E-state index contributed by atoms with van der Waals surface area (Å²) in [5, 5.41) is 11.0. The number of carbonyl (C=O) groups excluding carboxylic acids is 1. The van der Waals surface area contributed by atoms with E-state index in [2.05, 4.69) is 0 Å². The molecule has 0 saturated carbocycles. The molecule has 106 valence electrons. The van der Waals surface area contributed by atoms with Gasteiger partial charge in [-0.2, -0.15) is 0 Å². The molecule has 0 aliphatic carbocycles. The first kappa shape index (κ1) is 14.5. The lowest BCUT2D eigenvalue weighted by atomic mass is 10.1. The van der Waals surface area contributed by atoms with Crippen molar-refractivity contribution in [3.8, 4) is 5.75 Å². The number of allylic oxidation sites excluding steroid dienone is 1. The predicted molar refractivity (Wildman–Crippen MR) is 79.5 cm³/mol. The number of ether oxygens (including phenoxy) is 1. The van der Waals surface area contributed by atoms with E-state index in [1.807, 2.05) is 6.07 Å². The van der Waals surface area contributed by atoms with Crippen LogP contribution in [0.4, 0.5) is 5.69 Å². The van der Waals surface area contributed by atoms with Gasteiger partial charge in [0, 0.05) is 5.56 Å². The standard InChI is InChI=1S/C16H13NO4/c1-21-14-9-7-12(15(11-14)17(19)20)8-10-16(18)13-5-3-2-4-6-13/h2-11H,1H3/b10-8+. The first-order valence-electron chi connectivity index (χ1n) is 6.21. The molecule has 0 heterocycles. The Kier molecular flexibility index (Phi) is 4.46. The Labute approximate surface area is 121 Å². The minimum Gasteiger partial charge on any atom is -0.497 e. The number of hydrogen-bond acceptors (Lipinski definition) is 4. The van der Waals surface area contributed by atoms with Gasteiger partial charge in [0.15, 0.2) is 5.78 Å². The maximum atomic E-state index is 11.9. The van der Waals surface area contributed by atoms with Crippen LogP contribution in [0.25, 0.3) is 6.08 Å². The second kappa shape index (κ2) is 6.47. The van der Waals surface area contributed by atoms with Crippen LogP contribution in [-0.4, -0.2) is 17.8 Å². The number of nitrogens with zero attached hydrogens (tertiary/aromatic N) is 1. The molecule has 0 aliphatic heterocycles. The van der Waals surface area contributed by atoms with Gasteiger partial charge >= 0.3 is 0 Å². The van der Waals surface area contributed by atoms with Crippen molar-refractivity contribution in [1.82, 2.24) is 0 Å². The first-order valence-corrected chi connectivity index (χ1v) is 6.21. The monoisotopic (exact) mass is 283 g/mol. The van der Waals surface area contributed by atoms with Crippen LogP contribution < -0.4 is 4.74 Å². The summed E-state index contributed by atoms with van der Waals surface area (Å²) >= 11 is 0. The molecule has 0 N–H and O–H groups in total. The maximum absolute atomic E-state index is 11.9. The van der Waals surface area contributed by atoms with Gasteiger partial charge in [-0.05, 0) is 24.3 Å². The van der Waals surface area contributed by atoms with Crippen molar-refractivity contribution in [1.29, 1.82) is 0 Å². The minimum atomic E-state index is -0.505. The molecular weight excluding hydrogens is 270 g/mol. The molecule has 21 heavy (non-hydrogen) atoms. The summed E-state index contributed by atoms with van der Waals surface area (Å²) < 4.78 is 4.96. The van der Waals surface area contributed by atoms with Crippen LogP contribution >= 0.6 is 0 Å². The molecule has 0 aromatic heterocycles. The Morgan fingerprint density at radius 1 is 1.19 bits per heavy atom. The molecule has 0 radical (unpaired) electrons. The highest BCUT2D eigenvalue weighted by molar-refractivity contribution is 6.07. The Morgan fingerprint density at radius 2 is 1.90 bits per heavy atom. The van der Waals surface area contributed by atoms with E-state index >= 15 is 0 Å². The van der Waals surface area contributed by atoms with Gasteiger partial charge in [0.25, 0.3) is 5.69 Å². The quantitative estimate of drug-likeness (QED) is 0.364. The van der Waals surface area contributed by atoms with E-state index in [0.29, 0.717) is 16.9 Å². The van der Waals surface area contributed by atoms with Gasteiger partial charge in [-0.15, -0.1) is 0 Å². The van der Waals surface area contributed by atoms with E-state index in [0.717, 1.165) is 0 Å². The Balaban J connectivity index is 2.29. The van der Waals surface area contributed by atoms with Gasteiger partial charge < -0.3 is 4.74 Å².